The Hall–Kier alpha value is -1.96. The van der Waals surface area contributed by atoms with Gasteiger partial charge < -0.3 is 9.64 Å². The Morgan fingerprint density at radius 2 is 1.89 bits per heavy atom. The normalized spacial score (nSPS) is 19.4. The van der Waals surface area contributed by atoms with Crippen LogP contribution in [0.4, 0.5) is 0 Å². The van der Waals surface area contributed by atoms with Crippen molar-refractivity contribution in [2.24, 2.45) is 0 Å². The largest absolute Gasteiger partial charge is 0.378 e. The van der Waals surface area contributed by atoms with Crippen LogP contribution >= 0.6 is 11.6 Å². The molecule has 1 aromatic heterocycles. The molecule has 0 spiro atoms. The van der Waals surface area contributed by atoms with Crippen molar-refractivity contribution < 1.29 is 9.53 Å². The summed E-state index contributed by atoms with van der Waals surface area (Å²) in [6.45, 7) is 5.22. The fourth-order valence-electron chi connectivity index (χ4n) is 3.69. The summed E-state index contributed by atoms with van der Waals surface area (Å²) >= 11 is 6.27. The van der Waals surface area contributed by atoms with Crippen molar-refractivity contribution in [1.29, 1.82) is 0 Å². The van der Waals surface area contributed by atoms with Gasteiger partial charge in [0, 0.05) is 37.7 Å². The van der Waals surface area contributed by atoms with Crippen LogP contribution in [0.2, 0.25) is 5.02 Å². The predicted molar refractivity (Wildman–Crippen MR) is 102 cm³/mol. The van der Waals surface area contributed by atoms with Gasteiger partial charge in [-0.2, -0.15) is 0 Å². The number of halogens is 1. The highest BCUT2D eigenvalue weighted by molar-refractivity contribution is 6.31. The number of amides is 1. The van der Waals surface area contributed by atoms with E-state index in [0.717, 1.165) is 43.1 Å². The fraction of sp³-hybridized carbons (Fsp3) is 0.526. The smallest absolute Gasteiger partial charge is 0.276 e. The third-order valence-corrected chi connectivity index (χ3v) is 5.68. The van der Waals surface area contributed by atoms with Crippen molar-refractivity contribution in [3.8, 4) is 0 Å². The van der Waals surface area contributed by atoms with Gasteiger partial charge >= 0.3 is 0 Å². The van der Waals surface area contributed by atoms with Crippen LogP contribution in [0.3, 0.4) is 0 Å². The predicted octanol–water partition coefficient (Wildman–Crippen LogP) is 2.24. The van der Waals surface area contributed by atoms with Crippen molar-refractivity contribution in [2.45, 2.75) is 25.4 Å². The standard InChI is InChI=1S/C19H24ClN5O2/c20-17-4-2-1-3-15(17)13-23-7-5-16(6-8-23)25-14-18(21-22-25)19(26)24-9-11-27-12-10-24/h1-4,14,16H,5-13H2. The lowest BCUT2D eigenvalue weighted by Crippen LogP contribution is -2.40. The van der Waals surface area contributed by atoms with E-state index in [0.29, 0.717) is 32.0 Å². The molecule has 3 heterocycles. The summed E-state index contributed by atoms with van der Waals surface area (Å²) in [4.78, 5) is 16.7. The monoisotopic (exact) mass is 389 g/mol. The number of nitrogens with zero attached hydrogens (tertiary/aromatic N) is 5. The first-order valence-corrected chi connectivity index (χ1v) is 9.83. The average Bonchev–Trinajstić information content (AvgIpc) is 3.21. The van der Waals surface area contributed by atoms with Crippen LogP contribution in [-0.2, 0) is 11.3 Å². The minimum Gasteiger partial charge on any atom is -0.378 e. The fourth-order valence-corrected chi connectivity index (χ4v) is 3.89. The Kier molecular flexibility index (Phi) is 5.71. The van der Waals surface area contributed by atoms with Crippen molar-refractivity contribution in [1.82, 2.24) is 24.8 Å². The Labute approximate surface area is 163 Å². The van der Waals surface area contributed by atoms with E-state index in [1.807, 2.05) is 22.9 Å². The lowest BCUT2D eigenvalue weighted by molar-refractivity contribution is 0.0299. The van der Waals surface area contributed by atoms with Crippen LogP contribution in [0.5, 0.6) is 0 Å². The Balaban J connectivity index is 1.33. The van der Waals surface area contributed by atoms with Gasteiger partial charge in [-0.05, 0) is 24.5 Å². The highest BCUT2D eigenvalue weighted by atomic mass is 35.5. The molecule has 0 aliphatic carbocycles. The second-order valence-corrected chi connectivity index (χ2v) is 7.49. The second kappa shape index (κ2) is 8.37. The molecule has 7 nitrogen and oxygen atoms in total. The first-order valence-electron chi connectivity index (χ1n) is 9.45. The van der Waals surface area contributed by atoms with Crippen molar-refractivity contribution in [3.05, 3.63) is 46.7 Å². The Bertz CT molecular complexity index is 782. The third-order valence-electron chi connectivity index (χ3n) is 5.31. The van der Waals surface area contributed by atoms with E-state index in [4.69, 9.17) is 16.3 Å². The summed E-state index contributed by atoms with van der Waals surface area (Å²) in [5.74, 6) is -0.0549. The highest BCUT2D eigenvalue weighted by Crippen LogP contribution is 2.25. The summed E-state index contributed by atoms with van der Waals surface area (Å²) in [6.07, 6.45) is 3.77. The lowest BCUT2D eigenvalue weighted by atomic mass is 10.0. The maximum absolute atomic E-state index is 12.5. The van der Waals surface area contributed by atoms with Gasteiger partial charge in [-0.25, -0.2) is 4.68 Å². The molecule has 2 fully saturated rings. The van der Waals surface area contributed by atoms with Gasteiger partial charge in [-0.3, -0.25) is 9.69 Å². The molecule has 8 heteroatoms. The molecule has 27 heavy (non-hydrogen) atoms. The van der Waals surface area contributed by atoms with Gasteiger partial charge in [-0.15, -0.1) is 5.10 Å². The number of likely N-dealkylation sites (tertiary alicyclic amines) is 1. The molecule has 144 valence electrons. The third kappa shape index (κ3) is 4.31. The summed E-state index contributed by atoms with van der Waals surface area (Å²) in [6, 6.07) is 8.28. The number of ether oxygens (including phenoxy) is 1. The van der Waals surface area contributed by atoms with Gasteiger partial charge in [0.25, 0.3) is 5.91 Å². The number of piperidine rings is 1. The van der Waals surface area contributed by atoms with E-state index in [2.05, 4.69) is 21.3 Å². The SMILES string of the molecule is O=C(c1cn(C2CCN(Cc3ccccc3Cl)CC2)nn1)N1CCOCC1. The van der Waals surface area contributed by atoms with Crippen LogP contribution < -0.4 is 0 Å². The molecule has 0 unspecified atom stereocenters. The van der Waals surface area contributed by atoms with E-state index in [9.17, 15) is 4.79 Å². The molecule has 4 rings (SSSR count). The summed E-state index contributed by atoms with van der Waals surface area (Å²) in [7, 11) is 0. The zero-order chi connectivity index (χ0) is 18.6. The van der Waals surface area contributed by atoms with Crippen molar-refractivity contribution >= 4 is 17.5 Å². The lowest BCUT2D eigenvalue weighted by Gasteiger charge is -2.32. The van der Waals surface area contributed by atoms with Crippen LogP contribution in [-0.4, -0.2) is 70.1 Å². The number of hydrogen-bond donors (Lipinski definition) is 0. The summed E-state index contributed by atoms with van der Waals surface area (Å²) in [5, 5.41) is 9.16. The topological polar surface area (TPSA) is 63.5 Å². The quantitative estimate of drug-likeness (QED) is 0.802. The number of carbonyl (C=O) groups excluding carboxylic acids is 1. The maximum Gasteiger partial charge on any atom is 0.276 e. The number of aromatic nitrogens is 3. The minimum absolute atomic E-state index is 0.0549. The highest BCUT2D eigenvalue weighted by Gasteiger charge is 2.25. The van der Waals surface area contributed by atoms with Crippen LogP contribution in [0.15, 0.2) is 30.5 Å². The molecule has 1 aromatic carbocycles. The van der Waals surface area contributed by atoms with E-state index in [-0.39, 0.29) is 11.9 Å². The molecule has 0 saturated carbocycles. The zero-order valence-corrected chi connectivity index (χ0v) is 16.0. The average molecular weight is 390 g/mol. The van der Waals surface area contributed by atoms with Gasteiger partial charge in [0.2, 0.25) is 0 Å². The van der Waals surface area contributed by atoms with Crippen LogP contribution in [0.25, 0.3) is 0 Å². The first-order chi connectivity index (χ1) is 13.2. The van der Waals surface area contributed by atoms with E-state index in [1.54, 1.807) is 11.1 Å². The zero-order valence-electron chi connectivity index (χ0n) is 15.3. The molecule has 1 amide bonds. The van der Waals surface area contributed by atoms with Crippen molar-refractivity contribution in [3.63, 3.8) is 0 Å². The molecular formula is C19H24ClN5O2. The minimum atomic E-state index is -0.0549. The molecule has 2 aromatic rings. The summed E-state index contributed by atoms with van der Waals surface area (Å²) in [5.41, 5.74) is 1.59. The summed E-state index contributed by atoms with van der Waals surface area (Å²) < 4.78 is 7.16. The van der Waals surface area contributed by atoms with Gasteiger partial charge in [0.05, 0.1) is 25.5 Å². The Morgan fingerprint density at radius 3 is 2.63 bits per heavy atom. The number of carbonyl (C=O) groups is 1. The maximum atomic E-state index is 12.5. The first kappa shape index (κ1) is 18.4. The molecule has 2 saturated heterocycles. The van der Waals surface area contributed by atoms with Crippen LogP contribution in [0, 0.1) is 0 Å². The van der Waals surface area contributed by atoms with Crippen molar-refractivity contribution in [2.75, 3.05) is 39.4 Å². The molecule has 0 N–H and O–H groups in total. The Morgan fingerprint density at radius 1 is 1.15 bits per heavy atom. The number of rotatable bonds is 4. The number of benzene rings is 1. The number of morpholine rings is 1. The second-order valence-electron chi connectivity index (χ2n) is 7.09. The molecule has 2 aliphatic heterocycles. The van der Waals surface area contributed by atoms with Gasteiger partial charge in [0.15, 0.2) is 5.69 Å². The van der Waals surface area contributed by atoms with E-state index in [1.165, 1.54) is 0 Å². The molecule has 0 atom stereocenters. The van der Waals surface area contributed by atoms with Crippen LogP contribution in [0.1, 0.15) is 34.9 Å². The van der Waals surface area contributed by atoms with Gasteiger partial charge in [0.1, 0.15) is 0 Å². The molecular weight excluding hydrogens is 366 g/mol. The molecule has 0 bridgehead atoms. The number of hydrogen-bond acceptors (Lipinski definition) is 5. The van der Waals surface area contributed by atoms with E-state index < -0.39 is 0 Å². The van der Waals surface area contributed by atoms with E-state index >= 15 is 0 Å². The van der Waals surface area contributed by atoms with Gasteiger partial charge in [-0.1, -0.05) is 35.0 Å². The molecule has 0 radical (unpaired) electrons. The molecule has 2 aliphatic rings.